The molecule has 5 heteroatoms. The third-order valence-corrected chi connectivity index (χ3v) is 3.87. The van der Waals surface area contributed by atoms with E-state index in [1.54, 1.807) is 0 Å². The minimum absolute atomic E-state index is 0.115. The molecule has 1 aliphatic rings. The smallest absolute Gasteiger partial charge is 0.289 e. The van der Waals surface area contributed by atoms with Crippen molar-refractivity contribution in [2.45, 2.75) is 19.8 Å². The minimum Gasteiger partial charge on any atom is -0.494 e. The van der Waals surface area contributed by atoms with E-state index < -0.39 is 0 Å². The molecule has 0 radical (unpaired) electrons. The van der Waals surface area contributed by atoms with E-state index >= 15 is 0 Å². The monoisotopic (exact) mass is 293 g/mol. The number of carbonyl (C=O) groups excluding carboxylic acids is 1. The fraction of sp³-hybridized carbons (Fsp3) is 0.286. The van der Waals surface area contributed by atoms with Crippen LogP contribution >= 0.6 is 24.0 Å². The Morgan fingerprint density at radius 1 is 1.37 bits per heavy atom. The lowest BCUT2D eigenvalue weighted by Crippen LogP contribution is -2.15. The molecule has 1 aromatic rings. The van der Waals surface area contributed by atoms with Gasteiger partial charge in [0.15, 0.2) is 0 Å². The van der Waals surface area contributed by atoms with Crippen molar-refractivity contribution >= 4 is 40.3 Å². The van der Waals surface area contributed by atoms with Crippen LogP contribution in [-0.2, 0) is 0 Å². The Hall–Kier alpha value is -1.33. The van der Waals surface area contributed by atoms with Crippen LogP contribution in [0.2, 0.25) is 0 Å². The summed E-state index contributed by atoms with van der Waals surface area (Å²) >= 11 is 6.20. The van der Waals surface area contributed by atoms with E-state index in [-0.39, 0.29) is 5.24 Å². The van der Waals surface area contributed by atoms with Crippen LogP contribution < -0.4 is 10.1 Å². The second-order valence-electron chi connectivity index (χ2n) is 4.12. The number of hydrogen-bond donors (Lipinski definition) is 1. The van der Waals surface area contributed by atoms with Gasteiger partial charge in [-0.1, -0.05) is 37.7 Å². The molecule has 100 valence electrons. The zero-order valence-electron chi connectivity index (χ0n) is 10.6. The van der Waals surface area contributed by atoms with Gasteiger partial charge < -0.3 is 10.1 Å². The predicted octanol–water partition coefficient (Wildman–Crippen LogP) is 3.99. The molecule has 0 atom stereocenters. The van der Waals surface area contributed by atoms with Crippen LogP contribution in [-0.4, -0.2) is 16.8 Å². The molecule has 0 saturated carbocycles. The van der Waals surface area contributed by atoms with Crippen molar-refractivity contribution in [2.75, 3.05) is 6.61 Å². The lowest BCUT2D eigenvalue weighted by molar-refractivity contribution is 0.265. The Labute approximate surface area is 122 Å². The van der Waals surface area contributed by atoms with Gasteiger partial charge in [-0.05, 0) is 42.0 Å². The highest BCUT2D eigenvalue weighted by Crippen LogP contribution is 2.27. The van der Waals surface area contributed by atoms with Gasteiger partial charge in [0.25, 0.3) is 5.24 Å². The zero-order valence-corrected chi connectivity index (χ0v) is 12.3. The number of thioether (sulfide) groups is 1. The van der Waals surface area contributed by atoms with Gasteiger partial charge >= 0.3 is 0 Å². The quantitative estimate of drug-likeness (QED) is 0.506. The summed E-state index contributed by atoms with van der Waals surface area (Å²) in [5.74, 6) is 0.867. The number of carbonyl (C=O) groups is 1. The highest BCUT2D eigenvalue weighted by molar-refractivity contribution is 8.19. The standard InChI is InChI=1S/C14H15NO2S2/c1-2-3-8-17-11-6-4-10(5-7-11)9-12-13(18)15-14(16)19-12/h4-7,9H,2-3,8H2,1H3,(H,15,16,18). The number of unbranched alkanes of at least 4 members (excludes halogenated alkanes) is 1. The first-order valence-electron chi connectivity index (χ1n) is 6.17. The maximum absolute atomic E-state index is 11.2. The van der Waals surface area contributed by atoms with Crippen LogP contribution in [0.3, 0.4) is 0 Å². The maximum atomic E-state index is 11.2. The number of ether oxygens (including phenoxy) is 1. The molecule has 0 spiro atoms. The number of amides is 1. The first kappa shape index (κ1) is 14.1. The van der Waals surface area contributed by atoms with Crippen molar-refractivity contribution in [3.8, 4) is 5.75 Å². The number of thiocarbonyl (C=S) groups is 1. The van der Waals surface area contributed by atoms with E-state index in [1.165, 1.54) is 0 Å². The number of benzene rings is 1. The van der Waals surface area contributed by atoms with Crippen molar-refractivity contribution < 1.29 is 9.53 Å². The molecule has 1 aromatic carbocycles. The van der Waals surface area contributed by atoms with Crippen molar-refractivity contribution in [1.82, 2.24) is 5.32 Å². The van der Waals surface area contributed by atoms with Crippen LogP contribution in [0, 0.1) is 0 Å². The summed E-state index contributed by atoms with van der Waals surface area (Å²) in [4.78, 5) is 12.4. The van der Waals surface area contributed by atoms with Crippen LogP contribution in [0.4, 0.5) is 4.79 Å². The summed E-state index contributed by atoms with van der Waals surface area (Å²) in [6.45, 7) is 2.88. The molecule has 2 rings (SSSR count). The molecule has 0 aromatic heterocycles. The fourth-order valence-electron chi connectivity index (χ4n) is 1.57. The van der Waals surface area contributed by atoms with E-state index in [0.29, 0.717) is 4.99 Å². The Balaban J connectivity index is 2.00. The first-order chi connectivity index (χ1) is 9.19. The van der Waals surface area contributed by atoms with E-state index in [4.69, 9.17) is 17.0 Å². The third-order valence-electron chi connectivity index (χ3n) is 2.59. The summed E-state index contributed by atoms with van der Waals surface area (Å²) in [6, 6.07) is 7.78. The van der Waals surface area contributed by atoms with Gasteiger partial charge in [0.2, 0.25) is 0 Å². The summed E-state index contributed by atoms with van der Waals surface area (Å²) < 4.78 is 5.59. The molecule has 1 amide bonds. The van der Waals surface area contributed by atoms with Crippen molar-refractivity contribution in [1.29, 1.82) is 0 Å². The molecule has 0 aliphatic carbocycles. The summed E-state index contributed by atoms with van der Waals surface area (Å²) in [7, 11) is 0. The lowest BCUT2D eigenvalue weighted by Gasteiger charge is -2.05. The Bertz CT molecular complexity index is 509. The third kappa shape index (κ3) is 4.08. The van der Waals surface area contributed by atoms with E-state index in [1.807, 2.05) is 30.3 Å². The fourth-order valence-corrected chi connectivity index (χ4v) is 2.60. The molecular weight excluding hydrogens is 278 g/mol. The van der Waals surface area contributed by atoms with Crippen LogP contribution in [0.5, 0.6) is 5.75 Å². The molecule has 1 fully saturated rings. The zero-order chi connectivity index (χ0) is 13.7. The van der Waals surface area contributed by atoms with Gasteiger partial charge in [0.05, 0.1) is 11.5 Å². The Kier molecular flexibility index (Phi) is 4.99. The van der Waals surface area contributed by atoms with E-state index in [2.05, 4.69) is 12.2 Å². The van der Waals surface area contributed by atoms with Crippen LogP contribution in [0.25, 0.3) is 6.08 Å². The predicted molar refractivity (Wildman–Crippen MR) is 83.5 cm³/mol. The minimum atomic E-state index is -0.115. The second kappa shape index (κ2) is 6.73. The van der Waals surface area contributed by atoms with Crippen molar-refractivity contribution in [3.63, 3.8) is 0 Å². The Morgan fingerprint density at radius 2 is 2.11 bits per heavy atom. The second-order valence-corrected chi connectivity index (χ2v) is 5.55. The maximum Gasteiger partial charge on any atom is 0.289 e. The topological polar surface area (TPSA) is 38.3 Å². The van der Waals surface area contributed by atoms with Crippen LogP contribution in [0.1, 0.15) is 25.3 Å². The summed E-state index contributed by atoms with van der Waals surface area (Å²) in [6.07, 6.45) is 4.09. The molecule has 1 heterocycles. The molecular formula is C14H15NO2S2. The van der Waals surface area contributed by atoms with Gasteiger partial charge in [-0.15, -0.1) is 0 Å². The molecule has 0 unspecified atom stereocenters. The largest absolute Gasteiger partial charge is 0.494 e. The van der Waals surface area contributed by atoms with Crippen molar-refractivity contribution in [2.24, 2.45) is 0 Å². The van der Waals surface area contributed by atoms with Gasteiger partial charge in [-0.25, -0.2) is 0 Å². The molecule has 0 bridgehead atoms. The molecule has 1 N–H and O–H groups in total. The summed E-state index contributed by atoms with van der Waals surface area (Å²) in [5.41, 5.74) is 1.00. The highest BCUT2D eigenvalue weighted by Gasteiger charge is 2.21. The molecule has 1 saturated heterocycles. The van der Waals surface area contributed by atoms with Crippen LogP contribution in [0.15, 0.2) is 29.2 Å². The molecule has 3 nitrogen and oxygen atoms in total. The molecule has 19 heavy (non-hydrogen) atoms. The average molecular weight is 293 g/mol. The van der Waals surface area contributed by atoms with Gasteiger partial charge in [0.1, 0.15) is 10.7 Å². The van der Waals surface area contributed by atoms with Gasteiger partial charge in [0, 0.05) is 0 Å². The number of nitrogens with one attached hydrogen (secondary N) is 1. The van der Waals surface area contributed by atoms with E-state index in [0.717, 1.165) is 47.4 Å². The molecule has 1 aliphatic heterocycles. The summed E-state index contributed by atoms with van der Waals surface area (Å²) in [5, 5.41) is 2.48. The van der Waals surface area contributed by atoms with Gasteiger partial charge in [-0.3, -0.25) is 4.79 Å². The average Bonchev–Trinajstić information content (AvgIpc) is 2.70. The lowest BCUT2D eigenvalue weighted by atomic mass is 10.2. The van der Waals surface area contributed by atoms with Crippen molar-refractivity contribution in [3.05, 3.63) is 34.7 Å². The normalized spacial score (nSPS) is 16.8. The number of rotatable bonds is 5. The highest BCUT2D eigenvalue weighted by atomic mass is 32.2. The SMILES string of the molecule is CCCCOc1ccc(C=C2SC(=O)NC2=S)cc1. The van der Waals surface area contributed by atoms with Gasteiger partial charge in [-0.2, -0.15) is 0 Å². The van der Waals surface area contributed by atoms with E-state index in [9.17, 15) is 4.79 Å². The number of hydrogen-bond acceptors (Lipinski definition) is 4. The first-order valence-corrected chi connectivity index (χ1v) is 7.39. The Morgan fingerprint density at radius 3 is 2.68 bits per heavy atom.